The van der Waals surface area contributed by atoms with E-state index in [-0.39, 0.29) is 11.9 Å². The molecule has 1 heterocycles. The summed E-state index contributed by atoms with van der Waals surface area (Å²) in [6.07, 6.45) is -0.173. The predicted octanol–water partition coefficient (Wildman–Crippen LogP) is 3.40. The summed E-state index contributed by atoms with van der Waals surface area (Å²) < 4.78 is 19.6. The van der Waals surface area contributed by atoms with E-state index in [9.17, 15) is 4.39 Å². The Morgan fingerprint density at radius 3 is 2.60 bits per heavy atom. The molecule has 1 aliphatic rings. The zero-order valence-corrected chi connectivity index (χ0v) is 11.3. The lowest BCUT2D eigenvalue weighted by Gasteiger charge is -2.33. The van der Waals surface area contributed by atoms with Gasteiger partial charge in [-0.2, -0.15) is 0 Å². The van der Waals surface area contributed by atoms with Gasteiger partial charge in [-0.05, 0) is 11.6 Å². The van der Waals surface area contributed by atoms with Gasteiger partial charge in [-0.25, -0.2) is 4.39 Å². The monoisotopic (exact) mass is 271 g/mol. The van der Waals surface area contributed by atoms with Crippen molar-refractivity contribution in [2.45, 2.75) is 12.6 Å². The van der Waals surface area contributed by atoms with Crippen molar-refractivity contribution >= 4 is 0 Å². The van der Waals surface area contributed by atoms with Crippen LogP contribution >= 0.6 is 0 Å². The second kappa shape index (κ2) is 6.16. The van der Waals surface area contributed by atoms with Crippen LogP contribution in [0.5, 0.6) is 0 Å². The first-order valence-electron chi connectivity index (χ1n) is 6.95. The minimum absolute atomic E-state index is 0.173. The van der Waals surface area contributed by atoms with Gasteiger partial charge in [0.2, 0.25) is 0 Å². The second-order valence-corrected chi connectivity index (χ2v) is 5.10. The summed E-state index contributed by atoms with van der Waals surface area (Å²) in [5.74, 6) is -0.181. The highest BCUT2D eigenvalue weighted by Crippen LogP contribution is 2.25. The highest BCUT2D eigenvalue weighted by atomic mass is 19.1. The van der Waals surface area contributed by atoms with Crippen molar-refractivity contribution in [2.75, 3.05) is 19.7 Å². The average Bonchev–Trinajstić information content (AvgIpc) is 2.49. The number of halogens is 1. The molecule has 1 aliphatic heterocycles. The standard InChI is InChI=1S/C17H18FNO/c18-16-9-5-4-8-15(16)17-13-19(10-11-20-17)12-14-6-2-1-3-7-14/h1-9,17H,10-13H2. The Morgan fingerprint density at radius 2 is 1.80 bits per heavy atom. The molecule has 0 radical (unpaired) electrons. The van der Waals surface area contributed by atoms with Crippen LogP contribution in [0.4, 0.5) is 4.39 Å². The van der Waals surface area contributed by atoms with Crippen LogP contribution in [0.15, 0.2) is 54.6 Å². The lowest BCUT2D eigenvalue weighted by atomic mass is 10.1. The van der Waals surface area contributed by atoms with E-state index >= 15 is 0 Å². The third-order valence-electron chi connectivity index (χ3n) is 3.65. The van der Waals surface area contributed by atoms with Gasteiger partial charge >= 0.3 is 0 Å². The van der Waals surface area contributed by atoms with Gasteiger partial charge in [0.05, 0.1) is 12.7 Å². The van der Waals surface area contributed by atoms with E-state index in [2.05, 4.69) is 17.0 Å². The second-order valence-electron chi connectivity index (χ2n) is 5.10. The van der Waals surface area contributed by atoms with E-state index in [0.717, 1.165) is 19.6 Å². The number of rotatable bonds is 3. The molecule has 20 heavy (non-hydrogen) atoms. The topological polar surface area (TPSA) is 12.5 Å². The van der Waals surface area contributed by atoms with Crippen LogP contribution in [0.1, 0.15) is 17.2 Å². The minimum Gasteiger partial charge on any atom is -0.371 e. The van der Waals surface area contributed by atoms with E-state index in [1.807, 2.05) is 30.3 Å². The first kappa shape index (κ1) is 13.3. The number of ether oxygens (including phenoxy) is 1. The quantitative estimate of drug-likeness (QED) is 0.848. The SMILES string of the molecule is Fc1ccccc1C1CN(Cc2ccccc2)CCO1. The fourth-order valence-electron chi connectivity index (χ4n) is 2.61. The van der Waals surface area contributed by atoms with E-state index in [1.165, 1.54) is 11.6 Å². The Kier molecular flexibility index (Phi) is 4.09. The third kappa shape index (κ3) is 3.06. The Labute approximate surface area is 118 Å². The summed E-state index contributed by atoms with van der Waals surface area (Å²) in [4.78, 5) is 2.32. The van der Waals surface area contributed by atoms with Gasteiger partial charge in [0.15, 0.2) is 0 Å². The summed E-state index contributed by atoms with van der Waals surface area (Å²) in [6, 6.07) is 17.2. The molecule has 2 aromatic rings. The van der Waals surface area contributed by atoms with E-state index in [0.29, 0.717) is 12.2 Å². The normalized spacial score (nSPS) is 19.9. The molecule has 0 amide bonds. The molecule has 2 nitrogen and oxygen atoms in total. The summed E-state index contributed by atoms with van der Waals surface area (Å²) in [7, 11) is 0. The minimum atomic E-state index is -0.181. The Morgan fingerprint density at radius 1 is 1.05 bits per heavy atom. The number of benzene rings is 2. The Bertz CT molecular complexity index is 558. The highest BCUT2D eigenvalue weighted by Gasteiger charge is 2.23. The molecule has 104 valence electrons. The molecule has 0 bridgehead atoms. The lowest BCUT2D eigenvalue weighted by Crippen LogP contribution is -2.38. The molecule has 1 saturated heterocycles. The molecule has 0 saturated carbocycles. The van der Waals surface area contributed by atoms with Crippen molar-refractivity contribution in [1.29, 1.82) is 0 Å². The summed E-state index contributed by atoms with van der Waals surface area (Å²) >= 11 is 0. The molecule has 0 spiro atoms. The van der Waals surface area contributed by atoms with Crippen molar-refractivity contribution in [3.63, 3.8) is 0 Å². The van der Waals surface area contributed by atoms with Crippen LogP contribution < -0.4 is 0 Å². The van der Waals surface area contributed by atoms with Crippen molar-refractivity contribution in [2.24, 2.45) is 0 Å². The smallest absolute Gasteiger partial charge is 0.129 e. The molecule has 2 aromatic carbocycles. The highest BCUT2D eigenvalue weighted by molar-refractivity contribution is 5.21. The molecule has 3 rings (SSSR count). The van der Waals surface area contributed by atoms with Gasteiger partial charge in [0.25, 0.3) is 0 Å². The maximum atomic E-state index is 13.8. The maximum absolute atomic E-state index is 13.8. The van der Waals surface area contributed by atoms with Gasteiger partial charge in [-0.15, -0.1) is 0 Å². The van der Waals surface area contributed by atoms with Crippen LogP contribution in [0.2, 0.25) is 0 Å². The summed E-state index contributed by atoms with van der Waals surface area (Å²) in [5, 5.41) is 0. The number of morpholine rings is 1. The lowest BCUT2D eigenvalue weighted by molar-refractivity contribution is -0.0344. The van der Waals surface area contributed by atoms with Crippen LogP contribution in [0.25, 0.3) is 0 Å². The van der Waals surface area contributed by atoms with Gasteiger partial charge in [0.1, 0.15) is 5.82 Å². The average molecular weight is 271 g/mol. The Hall–Kier alpha value is -1.71. The molecule has 1 atom stereocenters. The predicted molar refractivity (Wildman–Crippen MR) is 76.8 cm³/mol. The molecule has 0 aromatic heterocycles. The van der Waals surface area contributed by atoms with Crippen LogP contribution in [0, 0.1) is 5.82 Å². The zero-order valence-electron chi connectivity index (χ0n) is 11.3. The van der Waals surface area contributed by atoms with E-state index in [1.54, 1.807) is 6.07 Å². The number of hydrogen-bond acceptors (Lipinski definition) is 2. The molecule has 0 aliphatic carbocycles. The Balaban J connectivity index is 1.69. The summed E-state index contributed by atoms with van der Waals surface area (Å²) in [6.45, 7) is 3.15. The molecule has 3 heteroatoms. The van der Waals surface area contributed by atoms with E-state index < -0.39 is 0 Å². The van der Waals surface area contributed by atoms with Crippen LogP contribution in [-0.4, -0.2) is 24.6 Å². The van der Waals surface area contributed by atoms with E-state index in [4.69, 9.17) is 4.74 Å². The summed E-state index contributed by atoms with van der Waals surface area (Å²) in [5.41, 5.74) is 1.94. The van der Waals surface area contributed by atoms with Crippen molar-refractivity contribution in [1.82, 2.24) is 4.90 Å². The molecular formula is C17H18FNO. The molecule has 1 unspecified atom stereocenters. The molecule has 0 N–H and O–H groups in total. The largest absolute Gasteiger partial charge is 0.371 e. The fraction of sp³-hybridized carbons (Fsp3) is 0.294. The molecule has 1 fully saturated rings. The first-order chi connectivity index (χ1) is 9.83. The van der Waals surface area contributed by atoms with Crippen molar-refractivity contribution in [3.8, 4) is 0 Å². The number of hydrogen-bond donors (Lipinski definition) is 0. The van der Waals surface area contributed by atoms with Gasteiger partial charge in [-0.3, -0.25) is 4.90 Å². The maximum Gasteiger partial charge on any atom is 0.129 e. The molecular weight excluding hydrogens is 253 g/mol. The van der Waals surface area contributed by atoms with Crippen molar-refractivity contribution < 1.29 is 9.13 Å². The van der Waals surface area contributed by atoms with Crippen LogP contribution in [0.3, 0.4) is 0 Å². The fourth-order valence-corrected chi connectivity index (χ4v) is 2.61. The third-order valence-corrected chi connectivity index (χ3v) is 3.65. The first-order valence-corrected chi connectivity index (χ1v) is 6.95. The zero-order chi connectivity index (χ0) is 13.8. The van der Waals surface area contributed by atoms with Crippen molar-refractivity contribution in [3.05, 3.63) is 71.5 Å². The number of nitrogens with zero attached hydrogens (tertiary/aromatic N) is 1. The van der Waals surface area contributed by atoms with Crippen LogP contribution in [-0.2, 0) is 11.3 Å². The van der Waals surface area contributed by atoms with Gasteiger partial charge < -0.3 is 4.74 Å². The van der Waals surface area contributed by atoms with Gasteiger partial charge in [0, 0.05) is 25.2 Å². The van der Waals surface area contributed by atoms with Gasteiger partial charge in [-0.1, -0.05) is 48.5 Å².